The van der Waals surface area contributed by atoms with E-state index >= 15 is 0 Å². The lowest BCUT2D eigenvalue weighted by Gasteiger charge is -2.36. The summed E-state index contributed by atoms with van der Waals surface area (Å²) in [7, 11) is 1.80. The lowest BCUT2D eigenvalue weighted by Crippen LogP contribution is -2.49. The van der Waals surface area contributed by atoms with Crippen LogP contribution in [0, 0.1) is 11.6 Å². The fourth-order valence-electron chi connectivity index (χ4n) is 3.14. The van der Waals surface area contributed by atoms with Gasteiger partial charge in [-0.25, -0.2) is 8.78 Å². The van der Waals surface area contributed by atoms with Crippen molar-refractivity contribution in [1.29, 1.82) is 0 Å². The molecule has 21 heavy (non-hydrogen) atoms. The Bertz CT molecular complexity index is 482. The third kappa shape index (κ3) is 3.42. The van der Waals surface area contributed by atoms with Gasteiger partial charge in [0.05, 0.1) is 0 Å². The highest BCUT2D eigenvalue weighted by Gasteiger charge is 2.31. The maximum Gasteiger partial charge on any atom is 0.163 e. The largest absolute Gasteiger partial charge is 0.312 e. The standard InChI is InChI=1S/C16H23F2N3/c1-19-15(13-3-2-4-14(17)16(13)18)11-20-7-9-21(10-8-20)12-5-6-12/h2-4,12,15,19H,5-11H2,1H3. The zero-order chi connectivity index (χ0) is 14.8. The van der Waals surface area contributed by atoms with E-state index in [0.717, 1.165) is 38.8 Å². The number of benzene rings is 1. The van der Waals surface area contributed by atoms with Gasteiger partial charge >= 0.3 is 0 Å². The van der Waals surface area contributed by atoms with Gasteiger partial charge in [0.15, 0.2) is 11.6 Å². The van der Waals surface area contributed by atoms with E-state index in [1.54, 1.807) is 19.2 Å². The number of halogens is 2. The molecule has 0 amide bonds. The Balaban J connectivity index is 1.60. The quantitative estimate of drug-likeness (QED) is 0.896. The highest BCUT2D eigenvalue weighted by molar-refractivity contribution is 5.23. The van der Waals surface area contributed by atoms with Gasteiger partial charge in [0.1, 0.15) is 0 Å². The third-order valence-electron chi connectivity index (χ3n) is 4.62. The lowest BCUT2D eigenvalue weighted by atomic mass is 10.0. The highest BCUT2D eigenvalue weighted by Crippen LogP contribution is 2.28. The summed E-state index contributed by atoms with van der Waals surface area (Å²) in [5.41, 5.74) is 0.419. The summed E-state index contributed by atoms with van der Waals surface area (Å²) < 4.78 is 27.3. The second-order valence-electron chi connectivity index (χ2n) is 6.05. The fourth-order valence-corrected chi connectivity index (χ4v) is 3.14. The van der Waals surface area contributed by atoms with Crippen LogP contribution < -0.4 is 5.32 Å². The minimum atomic E-state index is -0.772. The van der Waals surface area contributed by atoms with Crippen molar-refractivity contribution >= 4 is 0 Å². The van der Waals surface area contributed by atoms with Crippen LogP contribution in [-0.2, 0) is 0 Å². The summed E-state index contributed by atoms with van der Waals surface area (Å²) >= 11 is 0. The molecule has 1 aliphatic carbocycles. The monoisotopic (exact) mass is 295 g/mol. The molecular weight excluding hydrogens is 272 g/mol. The first kappa shape index (κ1) is 14.9. The van der Waals surface area contributed by atoms with Crippen LogP contribution in [0.4, 0.5) is 8.78 Å². The van der Waals surface area contributed by atoms with Crippen molar-refractivity contribution < 1.29 is 8.78 Å². The number of nitrogens with zero attached hydrogens (tertiary/aromatic N) is 2. The number of piperazine rings is 1. The van der Waals surface area contributed by atoms with Gasteiger partial charge in [-0.2, -0.15) is 0 Å². The van der Waals surface area contributed by atoms with E-state index in [2.05, 4.69) is 15.1 Å². The minimum Gasteiger partial charge on any atom is -0.312 e. The number of nitrogens with one attached hydrogen (secondary N) is 1. The van der Waals surface area contributed by atoms with Crippen molar-refractivity contribution in [3.8, 4) is 0 Å². The van der Waals surface area contributed by atoms with Crippen molar-refractivity contribution in [2.45, 2.75) is 24.9 Å². The van der Waals surface area contributed by atoms with Crippen LogP contribution in [0.1, 0.15) is 24.4 Å². The molecule has 116 valence electrons. The van der Waals surface area contributed by atoms with Crippen molar-refractivity contribution in [1.82, 2.24) is 15.1 Å². The minimum absolute atomic E-state index is 0.173. The molecule has 0 bridgehead atoms. The number of hydrogen-bond acceptors (Lipinski definition) is 3. The van der Waals surface area contributed by atoms with Gasteiger partial charge in [-0.1, -0.05) is 12.1 Å². The first-order chi connectivity index (χ1) is 10.2. The Morgan fingerprint density at radius 2 is 1.90 bits per heavy atom. The Hall–Kier alpha value is -1.04. The molecule has 5 heteroatoms. The molecule has 1 heterocycles. The smallest absolute Gasteiger partial charge is 0.163 e. The van der Waals surface area contributed by atoms with E-state index in [1.165, 1.54) is 18.9 Å². The van der Waals surface area contributed by atoms with Crippen molar-refractivity contribution in [2.24, 2.45) is 0 Å². The van der Waals surface area contributed by atoms with Crippen molar-refractivity contribution in [3.63, 3.8) is 0 Å². The van der Waals surface area contributed by atoms with Crippen LogP contribution in [0.15, 0.2) is 18.2 Å². The van der Waals surface area contributed by atoms with Crippen LogP contribution in [0.25, 0.3) is 0 Å². The Labute approximate surface area is 124 Å². The highest BCUT2D eigenvalue weighted by atomic mass is 19.2. The Morgan fingerprint density at radius 1 is 1.19 bits per heavy atom. The summed E-state index contributed by atoms with van der Waals surface area (Å²) in [6.07, 6.45) is 2.68. The Morgan fingerprint density at radius 3 is 2.52 bits per heavy atom. The summed E-state index contributed by atoms with van der Waals surface area (Å²) in [6, 6.07) is 5.05. The van der Waals surface area contributed by atoms with Gasteiger partial charge < -0.3 is 5.32 Å². The fraction of sp³-hybridized carbons (Fsp3) is 0.625. The van der Waals surface area contributed by atoms with Crippen molar-refractivity contribution in [2.75, 3.05) is 39.8 Å². The van der Waals surface area contributed by atoms with E-state index in [9.17, 15) is 8.78 Å². The average Bonchev–Trinajstić information content (AvgIpc) is 3.33. The topological polar surface area (TPSA) is 18.5 Å². The molecule has 0 aromatic heterocycles. The molecule has 1 saturated heterocycles. The molecule has 1 atom stereocenters. The van der Waals surface area contributed by atoms with Gasteiger partial charge in [0.25, 0.3) is 0 Å². The first-order valence-electron chi connectivity index (χ1n) is 7.76. The first-order valence-corrected chi connectivity index (χ1v) is 7.76. The molecule has 3 rings (SSSR count). The van der Waals surface area contributed by atoms with Crippen LogP contribution in [0.3, 0.4) is 0 Å². The zero-order valence-electron chi connectivity index (χ0n) is 12.5. The van der Waals surface area contributed by atoms with Gasteiger partial charge in [-0.15, -0.1) is 0 Å². The average molecular weight is 295 g/mol. The molecule has 1 saturated carbocycles. The molecule has 2 fully saturated rings. The summed E-state index contributed by atoms with van der Waals surface area (Å²) in [4.78, 5) is 4.89. The molecule has 0 radical (unpaired) electrons. The summed E-state index contributed by atoms with van der Waals surface area (Å²) in [6.45, 7) is 4.91. The predicted molar refractivity (Wildman–Crippen MR) is 79.2 cm³/mol. The number of hydrogen-bond donors (Lipinski definition) is 1. The molecule has 1 aromatic carbocycles. The molecular formula is C16H23F2N3. The summed E-state index contributed by atoms with van der Waals surface area (Å²) in [5.74, 6) is -1.50. The predicted octanol–water partition coefficient (Wildman–Crippen LogP) is 2.01. The molecule has 0 spiro atoms. The molecule has 2 aliphatic rings. The zero-order valence-corrected chi connectivity index (χ0v) is 12.5. The summed E-state index contributed by atoms with van der Waals surface area (Å²) in [5, 5.41) is 3.12. The van der Waals surface area contributed by atoms with Crippen LogP contribution in [0.2, 0.25) is 0 Å². The van der Waals surface area contributed by atoms with Crippen LogP contribution >= 0.6 is 0 Å². The van der Waals surface area contributed by atoms with Crippen molar-refractivity contribution in [3.05, 3.63) is 35.4 Å². The number of likely N-dealkylation sites (N-methyl/N-ethyl adjacent to an activating group) is 1. The van der Waals surface area contributed by atoms with Crippen LogP contribution in [0.5, 0.6) is 0 Å². The van der Waals surface area contributed by atoms with E-state index < -0.39 is 11.6 Å². The number of rotatable bonds is 5. The molecule has 1 N–H and O–H groups in total. The maximum absolute atomic E-state index is 13.9. The third-order valence-corrected chi connectivity index (χ3v) is 4.62. The molecule has 1 unspecified atom stereocenters. The van der Waals surface area contributed by atoms with Gasteiger partial charge in [0, 0.05) is 50.4 Å². The van der Waals surface area contributed by atoms with E-state index in [1.807, 2.05) is 0 Å². The van der Waals surface area contributed by atoms with E-state index in [-0.39, 0.29) is 6.04 Å². The second kappa shape index (κ2) is 6.38. The normalized spacial score (nSPS) is 22.4. The second-order valence-corrected chi connectivity index (χ2v) is 6.05. The van der Waals surface area contributed by atoms with Crippen LogP contribution in [-0.4, -0.2) is 55.6 Å². The lowest BCUT2D eigenvalue weighted by molar-refractivity contribution is 0.118. The maximum atomic E-state index is 13.9. The van der Waals surface area contributed by atoms with Gasteiger partial charge in [-0.3, -0.25) is 9.80 Å². The van der Waals surface area contributed by atoms with Gasteiger partial charge in [0.2, 0.25) is 0 Å². The molecule has 3 nitrogen and oxygen atoms in total. The van der Waals surface area contributed by atoms with Gasteiger partial charge in [-0.05, 0) is 26.0 Å². The Kier molecular flexibility index (Phi) is 4.52. The SMILES string of the molecule is CNC(CN1CCN(C2CC2)CC1)c1cccc(F)c1F. The molecule has 1 aliphatic heterocycles. The van der Waals surface area contributed by atoms with E-state index in [0.29, 0.717) is 5.56 Å². The molecule has 1 aromatic rings. The van der Waals surface area contributed by atoms with E-state index in [4.69, 9.17) is 0 Å².